The molecule has 0 aliphatic heterocycles. The SMILES string of the molecule is CCN(CC)c1cnn(CC(C)CN)c(=O)c1. The quantitative estimate of drug-likeness (QED) is 0.791. The van der Waals surface area contributed by atoms with Crippen LogP contribution in [0.2, 0.25) is 0 Å². The molecule has 0 saturated heterocycles. The summed E-state index contributed by atoms with van der Waals surface area (Å²) in [5, 5.41) is 4.19. The fraction of sp³-hybridized carbons (Fsp3) is 0.667. The summed E-state index contributed by atoms with van der Waals surface area (Å²) in [6.45, 7) is 9.02. The van der Waals surface area contributed by atoms with Gasteiger partial charge in [-0.05, 0) is 26.3 Å². The van der Waals surface area contributed by atoms with Crippen molar-refractivity contribution in [2.24, 2.45) is 11.7 Å². The van der Waals surface area contributed by atoms with E-state index < -0.39 is 0 Å². The van der Waals surface area contributed by atoms with E-state index in [1.54, 1.807) is 12.3 Å². The maximum atomic E-state index is 11.9. The third-order valence-electron chi connectivity index (χ3n) is 2.87. The minimum Gasteiger partial charge on any atom is -0.371 e. The fourth-order valence-corrected chi connectivity index (χ4v) is 1.69. The van der Waals surface area contributed by atoms with E-state index in [1.807, 2.05) is 6.92 Å². The van der Waals surface area contributed by atoms with Crippen LogP contribution in [0.15, 0.2) is 17.1 Å². The highest BCUT2D eigenvalue weighted by Crippen LogP contribution is 2.08. The predicted octanol–water partition coefficient (Wildman–Crippen LogP) is 0.684. The molecule has 1 atom stereocenters. The van der Waals surface area contributed by atoms with E-state index in [1.165, 1.54) is 4.68 Å². The van der Waals surface area contributed by atoms with Crippen LogP contribution >= 0.6 is 0 Å². The number of hydrogen-bond acceptors (Lipinski definition) is 4. The van der Waals surface area contributed by atoms with Crippen molar-refractivity contribution in [1.82, 2.24) is 9.78 Å². The molecule has 1 heterocycles. The highest BCUT2D eigenvalue weighted by atomic mass is 16.1. The number of anilines is 1. The highest BCUT2D eigenvalue weighted by Gasteiger charge is 2.07. The second kappa shape index (κ2) is 6.39. The van der Waals surface area contributed by atoms with Gasteiger partial charge in [-0.2, -0.15) is 5.10 Å². The molecule has 0 spiro atoms. The van der Waals surface area contributed by atoms with Crippen LogP contribution in [0.25, 0.3) is 0 Å². The number of aromatic nitrogens is 2. The van der Waals surface area contributed by atoms with Crippen LogP contribution in [-0.2, 0) is 6.54 Å². The van der Waals surface area contributed by atoms with E-state index in [0.29, 0.717) is 13.1 Å². The zero-order valence-electron chi connectivity index (χ0n) is 10.9. The van der Waals surface area contributed by atoms with Crippen LogP contribution < -0.4 is 16.2 Å². The summed E-state index contributed by atoms with van der Waals surface area (Å²) in [4.78, 5) is 14.0. The van der Waals surface area contributed by atoms with Crippen molar-refractivity contribution in [2.45, 2.75) is 27.3 Å². The average molecular weight is 238 g/mol. The first-order valence-corrected chi connectivity index (χ1v) is 6.14. The molecule has 2 N–H and O–H groups in total. The summed E-state index contributed by atoms with van der Waals surface area (Å²) in [6, 6.07) is 1.64. The molecule has 1 rings (SSSR count). The maximum absolute atomic E-state index is 11.9. The van der Waals surface area contributed by atoms with Gasteiger partial charge in [-0.3, -0.25) is 4.79 Å². The van der Waals surface area contributed by atoms with E-state index in [2.05, 4.69) is 23.8 Å². The predicted molar refractivity (Wildman–Crippen MR) is 70.3 cm³/mol. The van der Waals surface area contributed by atoms with Gasteiger partial charge in [0.15, 0.2) is 0 Å². The standard InChI is InChI=1S/C12H22N4O/c1-4-15(5-2)11-6-12(17)16(14-8-11)9-10(3)7-13/h6,8,10H,4-5,7,9,13H2,1-3H3. The molecule has 0 radical (unpaired) electrons. The Morgan fingerprint density at radius 1 is 1.47 bits per heavy atom. The third-order valence-corrected chi connectivity index (χ3v) is 2.87. The Bertz CT molecular complexity index is 398. The largest absolute Gasteiger partial charge is 0.371 e. The van der Waals surface area contributed by atoms with Crippen molar-refractivity contribution in [1.29, 1.82) is 0 Å². The Balaban J connectivity index is 2.90. The smallest absolute Gasteiger partial charge is 0.268 e. The van der Waals surface area contributed by atoms with Gasteiger partial charge in [0.1, 0.15) is 0 Å². The molecule has 0 bridgehead atoms. The molecule has 0 fully saturated rings. The van der Waals surface area contributed by atoms with Crippen molar-refractivity contribution in [3.8, 4) is 0 Å². The molecule has 0 aliphatic carbocycles. The molecular weight excluding hydrogens is 216 g/mol. The van der Waals surface area contributed by atoms with Gasteiger partial charge in [0, 0.05) is 25.7 Å². The molecule has 1 unspecified atom stereocenters. The Morgan fingerprint density at radius 3 is 2.59 bits per heavy atom. The summed E-state index contributed by atoms with van der Waals surface area (Å²) < 4.78 is 1.48. The van der Waals surface area contributed by atoms with Crippen LogP contribution in [0.1, 0.15) is 20.8 Å². The first-order valence-electron chi connectivity index (χ1n) is 6.14. The Morgan fingerprint density at radius 2 is 2.12 bits per heavy atom. The van der Waals surface area contributed by atoms with E-state index in [4.69, 9.17) is 5.73 Å². The lowest BCUT2D eigenvalue weighted by Gasteiger charge is -2.20. The van der Waals surface area contributed by atoms with Crippen molar-refractivity contribution < 1.29 is 0 Å². The molecule has 0 amide bonds. The normalized spacial score (nSPS) is 12.5. The summed E-state index contributed by atoms with van der Waals surface area (Å²) in [5.74, 6) is 0.263. The summed E-state index contributed by atoms with van der Waals surface area (Å²) in [7, 11) is 0. The van der Waals surface area contributed by atoms with E-state index in [9.17, 15) is 4.79 Å². The third kappa shape index (κ3) is 3.56. The van der Waals surface area contributed by atoms with Gasteiger partial charge in [0.2, 0.25) is 0 Å². The number of nitrogens with zero attached hydrogens (tertiary/aromatic N) is 3. The zero-order chi connectivity index (χ0) is 12.8. The van der Waals surface area contributed by atoms with Crippen LogP contribution in [0.5, 0.6) is 0 Å². The summed E-state index contributed by atoms with van der Waals surface area (Å²) in [5.41, 5.74) is 6.37. The lowest BCUT2D eigenvalue weighted by atomic mass is 10.2. The average Bonchev–Trinajstić information content (AvgIpc) is 2.33. The van der Waals surface area contributed by atoms with Crippen molar-refractivity contribution in [3.63, 3.8) is 0 Å². The molecule has 17 heavy (non-hydrogen) atoms. The molecule has 1 aromatic rings. The molecule has 5 heteroatoms. The van der Waals surface area contributed by atoms with E-state index in [-0.39, 0.29) is 11.5 Å². The Labute approximate surface area is 102 Å². The van der Waals surface area contributed by atoms with Gasteiger partial charge in [-0.25, -0.2) is 4.68 Å². The van der Waals surface area contributed by atoms with Crippen LogP contribution in [0, 0.1) is 5.92 Å². The second-order valence-electron chi connectivity index (χ2n) is 4.25. The molecule has 96 valence electrons. The van der Waals surface area contributed by atoms with E-state index in [0.717, 1.165) is 18.8 Å². The minimum absolute atomic E-state index is 0.0605. The first-order chi connectivity index (χ1) is 8.12. The van der Waals surface area contributed by atoms with Crippen molar-refractivity contribution in [3.05, 3.63) is 22.6 Å². The van der Waals surface area contributed by atoms with Crippen LogP contribution in [0.4, 0.5) is 5.69 Å². The van der Waals surface area contributed by atoms with Crippen LogP contribution in [-0.4, -0.2) is 29.4 Å². The lowest BCUT2D eigenvalue weighted by Crippen LogP contribution is -2.30. The molecule has 0 aromatic carbocycles. The first kappa shape index (κ1) is 13.7. The van der Waals surface area contributed by atoms with E-state index >= 15 is 0 Å². The topological polar surface area (TPSA) is 64.2 Å². The van der Waals surface area contributed by atoms with Gasteiger partial charge in [-0.15, -0.1) is 0 Å². The van der Waals surface area contributed by atoms with Gasteiger partial charge in [0.25, 0.3) is 5.56 Å². The minimum atomic E-state index is -0.0605. The van der Waals surface area contributed by atoms with Gasteiger partial charge in [0.05, 0.1) is 11.9 Å². The number of nitrogens with two attached hydrogens (primary N) is 1. The maximum Gasteiger partial charge on any atom is 0.268 e. The molecule has 0 saturated carbocycles. The van der Waals surface area contributed by atoms with Crippen LogP contribution in [0.3, 0.4) is 0 Å². The van der Waals surface area contributed by atoms with Gasteiger partial charge >= 0.3 is 0 Å². The van der Waals surface area contributed by atoms with Crippen molar-refractivity contribution in [2.75, 3.05) is 24.5 Å². The second-order valence-corrected chi connectivity index (χ2v) is 4.25. The molecule has 0 aliphatic rings. The zero-order valence-corrected chi connectivity index (χ0v) is 10.9. The Kier molecular flexibility index (Phi) is 5.15. The fourth-order valence-electron chi connectivity index (χ4n) is 1.69. The molecule has 1 aromatic heterocycles. The number of rotatable bonds is 6. The molecular formula is C12H22N4O. The van der Waals surface area contributed by atoms with Gasteiger partial charge in [-0.1, -0.05) is 6.92 Å². The molecule has 5 nitrogen and oxygen atoms in total. The van der Waals surface area contributed by atoms with Crippen molar-refractivity contribution >= 4 is 5.69 Å². The lowest BCUT2D eigenvalue weighted by molar-refractivity contribution is 0.442. The highest BCUT2D eigenvalue weighted by molar-refractivity contribution is 5.42. The monoisotopic (exact) mass is 238 g/mol. The Hall–Kier alpha value is -1.36. The summed E-state index contributed by atoms with van der Waals surface area (Å²) in [6.07, 6.45) is 1.75. The van der Waals surface area contributed by atoms with Gasteiger partial charge < -0.3 is 10.6 Å². The summed E-state index contributed by atoms with van der Waals surface area (Å²) >= 11 is 0. The number of hydrogen-bond donors (Lipinski definition) is 1.